The second-order valence-corrected chi connectivity index (χ2v) is 11.5. The van der Waals surface area contributed by atoms with Crippen LogP contribution in [-0.4, -0.2) is 42.1 Å². The molecule has 0 saturated carbocycles. The van der Waals surface area contributed by atoms with Crippen molar-refractivity contribution in [3.63, 3.8) is 0 Å². The fraction of sp³-hybridized carbons (Fsp3) is 0.371. The number of carbonyl (C=O) groups excluding carboxylic acids is 1. The number of fused-ring (bicyclic) bond motifs is 3. The van der Waals surface area contributed by atoms with Crippen molar-refractivity contribution in [2.75, 3.05) is 32.0 Å². The largest absolute Gasteiger partial charge is 0.485 e. The standard InChI is InChI=1S/C35H39N3O3/c1-3-17-38-18-14-35(15-19-38)23-32(41-31-8-6-5-7-27(31)22-33(39)40-4-2)29-21-26(11-12-30(29)35)25-10-9-24-13-16-37-34(36)28(24)20-25/h5-13,16,20-21,32H,3-4,14-15,17-19,22-23H2,1-2H3,(H2,36,37)/t32-/m1/s1. The van der Waals surface area contributed by atoms with E-state index in [0.717, 1.165) is 72.1 Å². The van der Waals surface area contributed by atoms with Crippen LogP contribution in [0.2, 0.25) is 0 Å². The Bertz CT molecular complexity index is 1560. The van der Waals surface area contributed by atoms with Gasteiger partial charge in [-0.05, 0) is 104 Å². The number of carbonyl (C=O) groups is 1. The molecule has 3 aromatic carbocycles. The van der Waals surface area contributed by atoms with E-state index in [1.54, 1.807) is 6.20 Å². The summed E-state index contributed by atoms with van der Waals surface area (Å²) >= 11 is 0. The number of hydrogen-bond acceptors (Lipinski definition) is 6. The number of ether oxygens (including phenoxy) is 2. The fourth-order valence-corrected chi connectivity index (χ4v) is 6.82. The third-order valence-corrected chi connectivity index (χ3v) is 8.91. The topological polar surface area (TPSA) is 77.7 Å². The summed E-state index contributed by atoms with van der Waals surface area (Å²) in [5, 5.41) is 2.05. The van der Waals surface area contributed by atoms with Crippen LogP contribution < -0.4 is 10.5 Å². The van der Waals surface area contributed by atoms with Gasteiger partial charge in [-0.25, -0.2) is 4.98 Å². The number of esters is 1. The number of anilines is 1. The van der Waals surface area contributed by atoms with Crippen molar-refractivity contribution in [1.82, 2.24) is 9.88 Å². The molecule has 1 aliphatic carbocycles. The first-order valence-electron chi connectivity index (χ1n) is 14.9. The van der Waals surface area contributed by atoms with E-state index in [4.69, 9.17) is 15.2 Å². The summed E-state index contributed by atoms with van der Waals surface area (Å²) in [6, 6.07) is 23.2. The van der Waals surface area contributed by atoms with E-state index in [-0.39, 0.29) is 23.9 Å². The van der Waals surface area contributed by atoms with E-state index >= 15 is 0 Å². The third-order valence-electron chi connectivity index (χ3n) is 8.91. The highest BCUT2D eigenvalue weighted by molar-refractivity contribution is 5.94. The van der Waals surface area contributed by atoms with Gasteiger partial charge in [-0.1, -0.05) is 49.4 Å². The monoisotopic (exact) mass is 549 g/mol. The molecule has 6 rings (SSSR count). The predicted molar refractivity (Wildman–Crippen MR) is 164 cm³/mol. The quantitative estimate of drug-likeness (QED) is 0.242. The molecule has 1 atom stereocenters. The van der Waals surface area contributed by atoms with E-state index in [9.17, 15) is 4.79 Å². The van der Waals surface area contributed by atoms with E-state index in [0.29, 0.717) is 12.4 Å². The number of para-hydroxylation sites is 1. The van der Waals surface area contributed by atoms with Gasteiger partial charge in [0, 0.05) is 22.6 Å². The van der Waals surface area contributed by atoms with Crippen LogP contribution in [0.15, 0.2) is 72.9 Å². The summed E-state index contributed by atoms with van der Waals surface area (Å²) < 4.78 is 12.1. The first-order chi connectivity index (χ1) is 20.0. The maximum absolute atomic E-state index is 12.3. The minimum atomic E-state index is -0.234. The maximum atomic E-state index is 12.3. The lowest BCUT2D eigenvalue weighted by Crippen LogP contribution is -2.42. The summed E-state index contributed by atoms with van der Waals surface area (Å²) in [7, 11) is 0. The van der Waals surface area contributed by atoms with Crippen LogP contribution in [0, 0.1) is 0 Å². The Labute approximate surface area is 242 Å². The van der Waals surface area contributed by atoms with Crippen molar-refractivity contribution in [1.29, 1.82) is 0 Å². The molecule has 1 saturated heterocycles. The molecule has 1 aromatic heterocycles. The highest BCUT2D eigenvalue weighted by Crippen LogP contribution is 2.53. The first kappa shape index (κ1) is 27.3. The van der Waals surface area contributed by atoms with Crippen molar-refractivity contribution in [3.05, 3.63) is 89.6 Å². The zero-order valence-corrected chi connectivity index (χ0v) is 24.1. The van der Waals surface area contributed by atoms with Crippen molar-refractivity contribution in [3.8, 4) is 16.9 Å². The van der Waals surface area contributed by atoms with Crippen LogP contribution in [0.5, 0.6) is 5.75 Å². The first-order valence-corrected chi connectivity index (χ1v) is 14.9. The number of likely N-dealkylation sites (tertiary alicyclic amines) is 1. The molecule has 0 bridgehead atoms. The Kier molecular flexibility index (Phi) is 7.67. The Morgan fingerprint density at radius 3 is 2.61 bits per heavy atom. The van der Waals surface area contributed by atoms with Crippen molar-refractivity contribution in [2.24, 2.45) is 0 Å². The molecule has 1 aliphatic heterocycles. The van der Waals surface area contributed by atoms with Gasteiger partial charge in [-0.15, -0.1) is 0 Å². The van der Waals surface area contributed by atoms with Crippen LogP contribution >= 0.6 is 0 Å². The summed E-state index contributed by atoms with van der Waals surface area (Å²) in [5.74, 6) is 1.07. The van der Waals surface area contributed by atoms with Gasteiger partial charge in [0.15, 0.2) is 0 Å². The van der Waals surface area contributed by atoms with Crippen LogP contribution in [0.25, 0.3) is 21.9 Å². The number of nitrogens with zero attached hydrogens (tertiary/aromatic N) is 2. The van der Waals surface area contributed by atoms with E-state index < -0.39 is 0 Å². The molecule has 41 heavy (non-hydrogen) atoms. The highest BCUT2D eigenvalue weighted by Gasteiger charge is 2.46. The number of pyridine rings is 1. The van der Waals surface area contributed by atoms with Gasteiger partial charge in [0.2, 0.25) is 0 Å². The van der Waals surface area contributed by atoms with Gasteiger partial charge in [-0.3, -0.25) is 4.79 Å². The smallest absolute Gasteiger partial charge is 0.310 e. The average molecular weight is 550 g/mol. The summed E-state index contributed by atoms with van der Waals surface area (Å²) in [6.07, 6.45) is 6.23. The average Bonchev–Trinajstić information content (AvgIpc) is 3.27. The fourth-order valence-electron chi connectivity index (χ4n) is 6.82. The number of piperidine rings is 1. The van der Waals surface area contributed by atoms with Gasteiger partial charge in [0.1, 0.15) is 17.7 Å². The molecule has 2 heterocycles. The molecule has 0 amide bonds. The number of hydrogen-bond donors (Lipinski definition) is 1. The molecule has 1 fully saturated rings. The molecular formula is C35H39N3O3. The van der Waals surface area contributed by atoms with Crippen LogP contribution in [0.4, 0.5) is 5.82 Å². The van der Waals surface area contributed by atoms with E-state index in [1.165, 1.54) is 17.5 Å². The lowest BCUT2D eigenvalue weighted by atomic mass is 9.73. The molecule has 0 radical (unpaired) electrons. The zero-order chi connectivity index (χ0) is 28.4. The maximum Gasteiger partial charge on any atom is 0.310 e. The second kappa shape index (κ2) is 11.5. The Hall–Kier alpha value is -3.90. The Morgan fingerprint density at radius 2 is 1.80 bits per heavy atom. The van der Waals surface area contributed by atoms with E-state index in [2.05, 4.69) is 53.2 Å². The molecule has 6 nitrogen and oxygen atoms in total. The summed E-state index contributed by atoms with van der Waals surface area (Å²) in [6.45, 7) is 7.83. The Balaban J connectivity index is 1.37. The van der Waals surface area contributed by atoms with Gasteiger partial charge < -0.3 is 20.1 Å². The molecule has 2 N–H and O–H groups in total. The SMILES string of the molecule is CCCN1CCC2(CC1)C[C@@H](Oc1ccccc1CC(=O)OCC)c1cc(-c3ccc4ccnc(N)c4c3)ccc12. The predicted octanol–water partition coefficient (Wildman–Crippen LogP) is 6.86. The Morgan fingerprint density at radius 1 is 1.02 bits per heavy atom. The lowest BCUT2D eigenvalue weighted by Gasteiger charge is -2.40. The van der Waals surface area contributed by atoms with Crippen LogP contribution in [0.1, 0.15) is 62.3 Å². The summed E-state index contributed by atoms with van der Waals surface area (Å²) in [4.78, 5) is 19.2. The highest BCUT2D eigenvalue weighted by atomic mass is 16.5. The molecule has 0 unspecified atom stereocenters. The van der Waals surface area contributed by atoms with Gasteiger partial charge in [0.25, 0.3) is 0 Å². The normalized spacial score (nSPS) is 18.0. The second-order valence-electron chi connectivity index (χ2n) is 11.5. The number of rotatable bonds is 8. The lowest BCUT2D eigenvalue weighted by molar-refractivity contribution is -0.142. The molecule has 6 heteroatoms. The molecule has 2 aliphatic rings. The van der Waals surface area contributed by atoms with Crippen molar-refractivity contribution in [2.45, 2.75) is 57.5 Å². The number of aromatic nitrogens is 1. The summed E-state index contributed by atoms with van der Waals surface area (Å²) in [5.41, 5.74) is 12.1. The van der Waals surface area contributed by atoms with Crippen molar-refractivity contribution >= 4 is 22.6 Å². The zero-order valence-electron chi connectivity index (χ0n) is 24.1. The van der Waals surface area contributed by atoms with Gasteiger partial charge in [-0.2, -0.15) is 0 Å². The van der Waals surface area contributed by atoms with Crippen LogP contribution in [0.3, 0.4) is 0 Å². The van der Waals surface area contributed by atoms with Gasteiger partial charge >= 0.3 is 5.97 Å². The number of nitrogen functional groups attached to an aromatic ring is 1. The minimum Gasteiger partial charge on any atom is -0.485 e. The molecular weight excluding hydrogens is 510 g/mol. The van der Waals surface area contributed by atoms with Crippen molar-refractivity contribution < 1.29 is 14.3 Å². The number of benzene rings is 3. The van der Waals surface area contributed by atoms with Gasteiger partial charge in [0.05, 0.1) is 13.0 Å². The minimum absolute atomic E-state index is 0.0938. The van der Waals surface area contributed by atoms with E-state index in [1.807, 2.05) is 37.3 Å². The third kappa shape index (κ3) is 5.41. The molecule has 4 aromatic rings. The van der Waals surface area contributed by atoms with Crippen LogP contribution in [-0.2, 0) is 21.4 Å². The molecule has 212 valence electrons. The number of nitrogens with two attached hydrogens (primary N) is 1. The molecule has 1 spiro atoms.